The van der Waals surface area contributed by atoms with Gasteiger partial charge < -0.3 is 9.52 Å². The maximum Gasteiger partial charge on any atom is 0.320 e. The molecule has 2 atom stereocenters. The van der Waals surface area contributed by atoms with Crippen molar-refractivity contribution in [3.8, 4) is 0 Å². The first kappa shape index (κ1) is 13.1. The van der Waals surface area contributed by atoms with Gasteiger partial charge in [-0.05, 0) is 19.9 Å². The van der Waals surface area contributed by atoms with Crippen LogP contribution in [0, 0.1) is 0 Å². The molecule has 0 aromatic carbocycles. The van der Waals surface area contributed by atoms with Gasteiger partial charge in [0.15, 0.2) is 0 Å². The third kappa shape index (κ3) is 2.73. The second-order valence-electron chi connectivity index (χ2n) is 4.82. The molecular weight excluding hydrogens is 232 g/mol. The van der Waals surface area contributed by atoms with Gasteiger partial charge in [0, 0.05) is 37.8 Å². The van der Waals surface area contributed by atoms with E-state index >= 15 is 0 Å². The van der Waals surface area contributed by atoms with Gasteiger partial charge in [-0.2, -0.15) is 0 Å². The minimum absolute atomic E-state index is 0.325. The molecule has 1 saturated heterocycles. The Bertz CT molecular complexity index is 383. The molecule has 2 rings (SSSR count). The lowest BCUT2D eigenvalue weighted by atomic mass is 10.1. The molecule has 0 bridgehead atoms. The third-order valence-corrected chi connectivity index (χ3v) is 3.83. The van der Waals surface area contributed by atoms with Gasteiger partial charge in [0.2, 0.25) is 0 Å². The topological polar surface area (TPSA) is 56.9 Å². The molecule has 5 nitrogen and oxygen atoms in total. The van der Waals surface area contributed by atoms with Crippen LogP contribution in [0.3, 0.4) is 0 Å². The van der Waals surface area contributed by atoms with E-state index in [9.17, 15) is 4.79 Å². The first-order valence-corrected chi connectivity index (χ1v) is 6.32. The van der Waals surface area contributed by atoms with Crippen LogP contribution in [-0.2, 0) is 4.79 Å². The number of hydrogen-bond acceptors (Lipinski definition) is 4. The molecule has 0 radical (unpaired) electrons. The van der Waals surface area contributed by atoms with Crippen molar-refractivity contribution in [2.75, 3.05) is 26.2 Å². The van der Waals surface area contributed by atoms with E-state index in [1.54, 1.807) is 19.5 Å². The van der Waals surface area contributed by atoms with Crippen molar-refractivity contribution in [1.29, 1.82) is 0 Å². The van der Waals surface area contributed by atoms with Crippen LogP contribution in [0.4, 0.5) is 0 Å². The highest BCUT2D eigenvalue weighted by Crippen LogP contribution is 2.22. The smallest absolute Gasteiger partial charge is 0.320 e. The molecule has 1 aromatic heterocycles. The SMILES string of the molecule is CC(C(=O)O)N1CCN(C(C)c2ccoc2)CC1. The van der Waals surface area contributed by atoms with Crippen molar-refractivity contribution < 1.29 is 14.3 Å². The van der Waals surface area contributed by atoms with E-state index < -0.39 is 12.0 Å². The van der Waals surface area contributed by atoms with Crippen LogP contribution in [0.2, 0.25) is 0 Å². The Morgan fingerprint density at radius 2 is 1.89 bits per heavy atom. The summed E-state index contributed by atoms with van der Waals surface area (Å²) in [6.07, 6.45) is 3.46. The zero-order chi connectivity index (χ0) is 13.1. The van der Waals surface area contributed by atoms with Crippen molar-refractivity contribution >= 4 is 5.97 Å². The molecule has 18 heavy (non-hydrogen) atoms. The van der Waals surface area contributed by atoms with Gasteiger partial charge in [-0.15, -0.1) is 0 Å². The second kappa shape index (κ2) is 5.54. The van der Waals surface area contributed by atoms with E-state index in [-0.39, 0.29) is 0 Å². The van der Waals surface area contributed by atoms with Crippen LogP contribution >= 0.6 is 0 Å². The molecule has 0 saturated carbocycles. The minimum Gasteiger partial charge on any atom is -0.480 e. The molecule has 1 fully saturated rings. The third-order valence-electron chi connectivity index (χ3n) is 3.83. The van der Waals surface area contributed by atoms with Crippen molar-refractivity contribution in [1.82, 2.24) is 9.80 Å². The van der Waals surface area contributed by atoms with Gasteiger partial charge in [-0.3, -0.25) is 14.6 Å². The predicted molar refractivity (Wildman–Crippen MR) is 67.4 cm³/mol. The van der Waals surface area contributed by atoms with Crippen LogP contribution in [0.1, 0.15) is 25.5 Å². The quantitative estimate of drug-likeness (QED) is 0.878. The van der Waals surface area contributed by atoms with E-state index in [0.29, 0.717) is 6.04 Å². The minimum atomic E-state index is -0.744. The fourth-order valence-electron chi connectivity index (χ4n) is 2.39. The van der Waals surface area contributed by atoms with Crippen LogP contribution < -0.4 is 0 Å². The van der Waals surface area contributed by atoms with E-state index in [2.05, 4.69) is 11.8 Å². The summed E-state index contributed by atoms with van der Waals surface area (Å²) in [4.78, 5) is 15.3. The van der Waals surface area contributed by atoms with Crippen LogP contribution in [-0.4, -0.2) is 53.1 Å². The van der Waals surface area contributed by atoms with Crippen LogP contribution in [0.5, 0.6) is 0 Å². The van der Waals surface area contributed by atoms with Crippen molar-refractivity contribution in [2.24, 2.45) is 0 Å². The molecule has 2 heterocycles. The zero-order valence-electron chi connectivity index (χ0n) is 10.9. The van der Waals surface area contributed by atoms with Gasteiger partial charge >= 0.3 is 5.97 Å². The summed E-state index contributed by atoms with van der Waals surface area (Å²) in [6, 6.07) is 1.92. The lowest BCUT2D eigenvalue weighted by Crippen LogP contribution is -2.52. The van der Waals surface area contributed by atoms with Gasteiger partial charge in [-0.1, -0.05) is 0 Å². The van der Waals surface area contributed by atoms with Crippen LogP contribution in [0.25, 0.3) is 0 Å². The first-order valence-electron chi connectivity index (χ1n) is 6.32. The maximum absolute atomic E-state index is 10.9. The van der Waals surface area contributed by atoms with Crippen molar-refractivity contribution in [2.45, 2.75) is 25.9 Å². The summed E-state index contributed by atoms with van der Waals surface area (Å²) in [5.41, 5.74) is 1.18. The molecule has 1 N–H and O–H groups in total. The number of piperazine rings is 1. The Balaban J connectivity index is 1.89. The Labute approximate surface area is 107 Å². The van der Waals surface area contributed by atoms with Crippen molar-refractivity contribution in [3.63, 3.8) is 0 Å². The Morgan fingerprint density at radius 1 is 1.28 bits per heavy atom. The van der Waals surface area contributed by atoms with Crippen molar-refractivity contribution in [3.05, 3.63) is 24.2 Å². The Hall–Kier alpha value is -1.33. The molecule has 2 unspecified atom stereocenters. The van der Waals surface area contributed by atoms with Gasteiger partial charge in [-0.25, -0.2) is 0 Å². The predicted octanol–water partition coefficient (Wildman–Crippen LogP) is 1.43. The summed E-state index contributed by atoms with van der Waals surface area (Å²) in [6.45, 7) is 7.29. The number of carboxylic acids is 1. The summed E-state index contributed by atoms with van der Waals surface area (Å²) >= 11 is 0. The molecule has 1 aromatic rings. The number of aliphatic carboxylic acids is 1. The molecule has 0 spiro atoms. The van der Waals surface area contributed by atoms with Gasteiger partial charge in [0.05, 0.1) is 12.5 Å². The number of carbonyl (C=O) groups is 1. The average Bonchev–Trinajstić information content (AvgIpc) is 2.91. The highest BCUT2D eigenvalue weighted by atomic mass is 16.4. The second-order valence-corrected chi connectivity index (χ2v) is 4.82. The number of hydrogen-bond donors (Lipinski definition) is 1. The molecular formula is C13H20N2O3. The molecule has 0 amide bonds. The molecule has 100 valence electrons. The Kier molecular flexibility index (Phi) is 4.04. The number of furan rings is 1. The highest BCUT2D eigenvalue weighted by molar-refractivity contribution is 5.72. The van der Waals surface area contributed by atoms with Crippen LogP contribution in [0.15, 0.2) is 23.0 Å². The number of carboxylic acid groups (broad SMARTS) is 1. The summed E-state index contributed by atoms with van der Waals surface area (Å²) in [7, 11) is 0. The molecule has 1 aliphatic rings. The highest BCUT2D eigenvalue weighted by Gasteiger charge is 2.27. The van der Waals surface area contributed by atoms with E-state index in [1.807, 2.05) is 11.0 Å². The Morgan fingerprint density at radius 3 is 2.39 bits per heavy atom. The monoisotopic (exact) mass is 252 g/mol. The van der Waals surface area contributed by atoms with E-state index in [1.165, 1.54) is 5.56 Å². The number of rotatable bonds is 4. The molecule has 1 aliphatic heterocycles. The summed E-state index contributed by atoms with van der Waals surface area (Å²) in [5, 5.41) is 8.99. The number of nitrogens with zero attached hydrogens (tertiary/aromatic N) is 2. The molecule has 0 aliphatic carbocycles. The zero-order valence-corrected chi connectivity index (χ0v) is 10.9. The van der Waals surface area contributed by atoms with E-state index in [0.717, 1.165) is 26.2 Å². The maximum atomic E-state index is 10.9. The lowest BCUT2D eigenvalue weighted by molar-refractivity contribution is -0.143. The largest absolute Gasteiger partial charge is 0.480 e. The summed E-state index contributed by atoms with van der Waals surface area (Å²) in [5.74, 6) is -0.744. The normalized spacial score (nSPS) is 21.7. The molecule has 5 heteroatoms. The summed E-state index contributed by atoms with van der Waals surface area (Å²) < 4.78 is 5.10. The van der Waals surface area contributed by atoms with Gasteiger partial charge in [0.1, 0.15) is 6.04 Å². The van der Waals surface area contributed by atoms with Gasteiger partial charge in [0.25, 0.3) is 0 Å². The average molecular weight is 252 g/mol. The fraction of sp³-hybridized carbons (Fsp3) is 0.615. The first-order chi connectivity index (χ1) is 8.59. The van der Waals surface area contributed by atoms with E-state index in [4.69, 9.17) is 9.52 Å². The standard InChI is InChI=1S/C13H20N2O3/c1-10(12-3-8-18-9-12)14-4-6-15(7-5-14)11(2)13(16)17/h3,8-11H,4-7H2,1-2H3,(H,16,17). The fourth-order valence-corrected chi connectivity index (χ4v) is 2.39. The lowest BCUT2D eigenvalue weighted by Gasteiger charge is -2.39.